The monoisotopic (exact) mass is 217 g/mol. The van der Waals surface area contributed by atoms with Gasteiger partial charge in [-0.2, -0.15) is 5.26 Å². The molecule has 1 aromatic rings. The van der Waals surface area contributed by atoms with E-state index in [-0.39, 0.29) is 6.03 Å². The number of rotatable bonds is 3. The Labute approximate surface area is 95.5 Å². The Balaban J connectivity index is 2.69. The van der Waals surface area contributed by atoms with Crippen LogP contribution < -0.4 is 10.2 Å². The number of urea groups is 1. The van der Waals surface area contributed by atoms with Crippen molar-refractivity contribution in [3.8, 4) is 6.07 Å². The molecule has 1 aromatic carbocycles. The molecule has 4 heteroatoms. The molecule has 84 valence electrons. The van der Waals surface area contributed by atoms with E-state index in [0.717, 1.165) is 12.1 Å². The van der Waals surface area contributed by atoms with Crippen LogP contribution in [0.15, 0.2) is 24.3 Å². The Morgan fingerprint density at radius 3 is 2.56 bits per heavy atom. The number of hydrogen-bond acceptors (Lipinski definition) is 2. The summed E-state index contributed by atoms with van der Waals surface area (Å²) < 4.78 is 0. The summed E-state index contributed by atoms with van der Waals surface area (Å²) in [5, 5.41) is 11.4. The maximum atomic E-state index is 11.6. The maximum absolute atomic E-state index is 11.6. The third-order valence-electron chi connectivity index (χ3n) is 2.21. The summed E-state index contributed by atoms with van der Waals surface area (Å²) in [4.78, 5) is 13.1. The van der Waals surface area contributed by atoms with E-state index >= 15 is 0 Å². The third kappa shape index (κ3) is 2.99. The Bertz CT molecular complexity index is 392. The topological polar surface area (TPSA) is 56.1 Å². The summed E-state index contributed by atoms with van der Waals surface area (Å²) in [5.74, 6) is 0. The lowest BCUT2D eigenvalue weighted by Crippen LogP contribution is -2.37. The highest BCUT2D eigenvalue weighted by Gasteiger charge is 2.08. The minimum Gasteiger partial charge on any atom is -0.338 e. The first-order chi connectivity index (χ1) is 7.69. The zero-order valence-electron chi connectivity index (χ0n) is 9.53. The summed E-state index contributed by atoms with van der Waals surface area (Å²) in [5.41, 5.74) is 1.36. The van der Waals surface area contributed by atoms with Crippen molar-refractivity contribution >= 4 is 11.7 Å². The molecular formula is C12H15N3O. The van der Waals surface area contributed by atoms with Gasteiger partial charge in [0.05, 0.1) is 11.6 Å². The lowest BCUT2D eigenvalue weighted by molar-refractivity contribution is 0.247. The van der Waals surface area contributed by atoms with Gasteiger partial charge in [0.15, 0.2) is 0 Å². The van der Waals surface area contributed by atoms with Crippen molar-refractivity contribution in [1.29, 1.82) is 5.26 Å². The van der Waals surface area contributed by atoms with Gasteiger partial charge >= 0.3 is 6.03 Å². The molecule has 0 aliphatic rings. The van der Waals surface area contributed by atoms with E-state index in [1.54, 1.807) is 31.3 Å². The van der Waals surface area contributed by atoms with Gasteiger partial charge in [-0.1, -0.05) is 6.92 Å². The van der Waals surface area contributed by atoms with E-state index in [4.69, 9.17) is 5.26 Å². The van der Waals surface area contributed by atoms with Crippen LogP contribution in [0.2, 0.25) is 0 Å². The fraction of sp³-hybridized carbons (Fsp3) is 0.333. The highest BCUT2D eigenvalue weighted by Crippen LogP contribution is 2.13. The zero-order chi connectivity index (χ0) is 12.0. The number of nitrogens with zero attached hydrogens (tertiary/aromatic N) is 2. The molecule has 0 radical (unpaired) electrons. The zero-order valence-corrected chi connectivity index (χ0v) is 9.53. The number of benzene rings is 1. The Kier molecular flexibility index (Phi) is 4.34. The molecule has 0 atom stereocenters. The van der Waals surface area contributed by atoms with Gasteiger partial charge < -0.3 is 5.32 Å². The van der Waals surface area contributed by atoms with Gasteiger partial charge in [-0.25, -0.2) is 4.79 Å². The molecular weight excluding hydrogens is 202 g/mol. The van der Waals surface area contributed by atoms with Gasteiger partial charge in [-0.3, -0.25) is 4.90 Å². The number of carbonyl (C=O) groups is 1. The second-order valence-corrected chi connectivity index (χ2v) is 3.45. The minimum absolute atomic E-state index is 0.133. The van der Waals surface area contributed by atoms with E-state index in [2.05, 4.69) is 5.32 Å². The lowest BCUT2D eigenvalue weighted by atomic mass is 10.2. The molecule has 0 saturated carbocycles. The van der Waals surface area contributed by atoms with Crippen LogP contribution in [0.25, 0.3) is 0 Å². The number of nitrogens with one attached hydrogen (secondary N) is 1. The van der Waals surface area contributed by atoms with Crippen molar-refractivity contribution in [3.05, 3.63) is 29.8 Å². The predicted molar refractivity (Wildman–Crippen MR) is 63.2 cm³/mol. The van der Waals surface area contributed by atoms with Crippen molar-refractivity contribution < 1.29 is 4.79 Å². The van der Waals surface area contributed by atoms with Gasteiger partial charge in [-0.15, -0.1) is 0 Å². The van der Waals surface area contributed by atoms with Crippen molar-refractivity contribution in [2.24, 2.45) is 0 Å². The van der Waals surface area contributed by atoms with E-state index in [1.165, 1.54) is 4.90 Å². The van der Waals surface area contributed by atoms with E-state index in [9.17, 15) is 4.79 Å². The second-order valence-electron chi connectivity index (χ2n) is 3.45. The molecule has 0 aromatic heterocycles. The molecule has 0 saturated heterocycles. The first-order valence-electron chi connectivity index (χ1n) is 5.20. The molecule has 0 aliphatic heterocycles. The fourth-order valence-electron chi connectivity index (χ4n) is 1.23. The van der Waals surface area contributed by atoms with Crippen molar-refractivity contribution in [2.75, 3.05) is 18.5 Å². The van der Waals surface area contributed by atoms with Crippen LogP contribution in [0.4, 0.5) is 10.5 Å². The molecule has 0 aliphatic carbocycles. The number of nitriles is 1. The minimum atomic E-state index is -0.133. The smallest absolute Gasteiger partial charge is 0.321 e. The summed E-state index contributed by atoms with van der Waals surface area (Å²) in [6.45, 7) is 2.67. The van der Waals surface area contributed by atoms with Crippen LogP contribution >= 0.6 is 0 Å². The van der Waals surface area contributed by atoms with E-state index in [0.29, 0.717) is 12.1 Å². The van der Waals surface area contributed by atoms with Gasteiger partial charge in [0.2, 0.25) is 0 Å². The number of amides is 2. The van der Waals surface area contributed by atoms with Crippen molar-refractivity contribution in [3.63, 3.8) is 0 Å². The van der Waals surface area contributed by atoms with Crippen LogP contribution in [0.3, 0.4) is 0 Å². The molecule has 0 bridgehead atoms. The van der Waals surface area contributed by atoms with Crippen LogP contribution in [0.1, 0.15) is 18.9 Å². The third-order valence-corrected chi connectivity index (χ3v) is 2.21. The molecule has 4 nitrogen and oxygen atoms in total. The highest BCUT2D eigenvalue weighted by molar-refractivity contribution is 5.91. The summed E-state index contributed by atoms with van der Waals surface area (Å²) in [6.07, 6.45) is 0.910. The Morgan fingerprint density at radius 2 is 2.06 bits per heavy atom. The quantitative estimate of drug-likeness (QED) is 0.843. The summed E-state index contributed by atoms with van der Waals surface area (Å²) in [6, 6.07) is 8.80. The standard InChI is InChI=1S/C12H15N3O/c1-3-8-14-12(16)15(2)11-6-4-10(9-13)5-7-11/h4-7H,3,8H2,1-2H3,(H,14,16). The lowest BCUT2D eigenvalue weighted by Gasteiger charge is -2.17. The summed E-state index contributed by atoms with van der Waals surface area (Å²) >= 11 is 0. The molecule has 16 heavy (non-hydrogen) atoms. The normalized spacial score (nSPS) is 9.31. The molecule has 1 rings (SSSR count). The van der Waals surface area contributed by atoms with Gasteiger partial charge in [-0.05, 0) is 30.7 Å². The second kappa shape index (κ2) is 5.76. The molecule has 1 N–H and O–H groups in total. The van der Waals surface area contributed by atoms with Crippen molar-refractivity contribution in [1.82, 2.24) is 5.32 Å². The van der Waals surface area contributed by atoms with Crippen LogP contribution in [-0.4, -0.2) is 19.6 Å². The van der Waals surface area contributed by atoms with Crippen LogP contribution in [-0.2, 0) is 0 Å². The molecule has 2 amide bonds. The summed E-state index contributed by atoms with van der Waals surface area (Å²) in [7, 11) is 1.70. The van der Waals surface area contributed by atoms with Crippen LogP contribution in [0, 0.1) is 11.3 Å². The number of carbonyl (C=O) groups excluding carboxylic acids is 1. The average molecular weight is 217 g/mol. The predicted octanol–water partition coefficient (Wildman–Crippen LogP) is 2.11. The average Bonchev–Trinajstić information content (AvgIpc) is 2.35. The molecule has 0 heterocycles. The van der Waals surface area contributed by atoms with Gasteiger partial charge in [0, 0.05) is 19.3 Å². The largest absolute Gasteiger partial charge is 0.338 e. The Hall–Kier alpha value is -2.02. The molecule has 0 unspecified atom stereocenters. The number of anilines is 1. The van der Waals surface area contributed by atoms with E-state index < -0.39 is 0 Å². The van der Waals surface area contributed by atoms with Gasteiger partial charge in [0.25, 0.3) is 0 Å². The fourth-order valence-corrected chi connectivity index (χ4v) is 1.23. The first-order valence-corrected chi connectivity index (χ1v) is 5.20. The molecule has 0 spiro atoms. The first kappa shape index (κ1) is 12.1. The molecule has 0 fully saturated rings. The highest BCUT2D eigenvalue weighted by atomic mass is 16.2. The maximum Gasteiger partial charge on any atom is 0.321 e. The van der Waals surface area contributed by atoms with E-state index in [1.807, 2.05) is 13.0 Å². The SMILES string of the molecule is CCCNC(=O)N(C)c1ccc(C#N)cc1. The Morgan fingerprint density at radius 1 is 1.44 bits per heavy atom. The van der Waals surface area contributed by atoms with Crippen LogP contribution in [0.5, 0.6) is 0 Å². The van der Waals surface area contributed by atoms with Crippen molar-refractivity contribution in [2.45, 2.75) is 13.3 Å². The number of hydrogen-bond donors (Lipinski definition) is 1. The van der Waals surface area contributed by atoms with Gasteiger partial charge in [0.1, 0.15) is 0 Å².